The van der Waals surface area contributed by atoms with E-state index in [1.54, 1.807) is 28.8 Å². The third-order valence-corrected chi connectivity index (χ3v) is 7.62. The van der Waals surface area contributed by atoms with Gasteiger partial charge in [0, 0.05) is 21.3 Å². The van der Waals surface area contributed by atoms with Crippen LogP contribution in [-0.2, 0) is 11.4 Å². The number of rotatable bonds is 5. The van der Waals surface area contributed by atoms with Crippen molar-refractivity contribution in [3.8, 4) is 5.75 Å². The number of carbonyl (C=O) groups excluding carboxylic acids is 1. The molecule has 1 atom stereocenters. The molecule has 3 nitrogen and oxygen atoms in total. The second kappa shape index (κ2) is 9.53. The first-order valence-electron chi connectivity index (χ1n) is 8.98. The van der Waals surface area contributed by atoms with Crippen molar-refractivity contribution in [2.24, 2.45) is 0 Å². The van der Waals surface area contributed by atoms with Gasteiger partial charge in [0.2, 0.25) is 5.91 Å². The summed E-state index contributed by atoms with van der Waals surface area (Å²) >= 11 is 21.1. The van der Waals surface area contributed by atoms with Crippen LogP contribution < -0.4 is 9.64 Å². The van der Waals surface area contributed by atoms with E-state index in [2.05, 4.69) is 31.9 Å². The van der Waals surface area contributed by atoms with Crippen LogP contribution in [0.25, 0.3) is 0 Å². The molecule has 0 bridgehead atoms. The van der Waals surface area contributed by atoms with Crippen LogP contribution in [0.1, 0.15) is 16.5 Å². The molecule has 154 valence electrons. The highest BCUT2D eigenvalue weighted by Gasteiger charge is 2.34. The molecule has 3 aromatic carbocycles. The number of hydrogen-bond acceptors (Lipinski definition) is 3. The Kier molecular flexibility index (Phi) is 7.00. The highest BCUT2D eigenvalue weighted by atomic mass is 79.9. The molecule has 0 N–H and O–H groups in total. The van der Waals surface area contributed by atoms with Crippen LogP contribution in [0.4, 0.5) is 5.69 Å². The van der Waals surface area contributed by atoms with Crippen LogP contribution in [0.2, 0.25) is 10.0 Å². The van der Waals surface area contributed by atoms with Crippen LogP contribution >= 0.6 is 66.8 Å². The fourth-order valence-corrected chi connectivity index (χ4v) is 6.10. The van der Waals surface area contributed by atoms with Crippen molar-refractivity contribution in [2.75, 3.05) is 10.7 Å². The highest BCUT2D eigenvalue weighted by Crippen LogP contribution is 2.45. The summed E-state index contributed by atoms with van der Waals surface area (Å²) in [5, 5.41) is 1.17. The second-order valence-corrected chi connectivity index (χ2v) is 10.2. The van der Waals surface area contributed by atoms with Gasteiger partial charge in [0.15, 0.2) is 0 Å². The number of carbonyl (C=O) groups is 1. The van der Waals surface area contributed by atoms with Crippen molar-refractivity contribution in [3.63, 3.8) is 0 Å². The Hall–Kier alpha value is -1.18. The Morgan fingerprint density at radius 1 is 1.03 bits per heavy atom. The maximum absolute atomic E-state index is 12.6. The van der Waals surface area contributed by atoms with Crippen LogP contribution in [-0.4, -0.2) is 11.7 Å². The summed E-state index contributed by atoms with van der Waals surface area (Å²) in [5.41, 5.74) is 2.73. The molecular weight excluding hydrogens is 573 g/mol. The standard InChI is InChI=1S/C22H15Br2Cl2NO2S/c23-17-9-14(10-18(24)21(17)29-11-13-3-1-2-4-19(13)26)22-27(20(28)12-30-22)16-7-5-15(25)6-8-16/h1-10,22H,11-12H2/t22-/m0/s1. The molecule has 1 heterocycles. The van der Waals surface area contributed by atoms with Gasteiger partial charge in [-0.15, -0.1) is 11.8 Å². The van der Waals surface area contributed by atoms with Gasteiger partial charge in [-0.25, -0.2) is 0 Å². The van der Waals surface area contributed by atoms with Gasteiger partial charge in [-0.2, -0.15) is 0 Å². The smallest absolute Gasteiger partial charge is 0.238 e. The van der Waals surface area contributed by atoms with E-state index in [1.165, 1.54) is 0 Å². The van der Waals surface area contributed by atoms with E-state index in [-0.39, 0.29) is 11.3 Å². The molecule has 0 aromatic heterocycles. The van der Waals surface area contributed by atoms with Crippen LogP contribution in [0.5, 0.6) is 5.75 Å². The molecule has 8 heteroatoms. The number of thioether (sulfide) groups is 1. The number of anilines is 1. The summed E-state index contributed by atoms with van der Waals surface area (Å²) in [7, 11) is 0. The molecule has 0 aliphatic carbocycles. The summed E-state index contributed by atoms with van der Waals surface area (Å²) in [5.74, 6) is 1.18. The number of halogens is 4. The normalized spacial score (nSPS) is 16.2. The van der Waals surface area contributed by atoms with E-state index < -0.39 is 0 Å². The Morgan fingerprint density at radius 2 is 1.70 bits per heavy atom. The Balaban J connectivity index is 1.59. The fraction of sp³-hybridized carbons (Fsp3) is 0.136. The Bertz CT molecular complexity index is 1070. The SMILES string of the molecule is O=C1CS[C@@H](c2cc(Br)c(OCc3ccccc3Cl)c(Br)c2)N1c1ccc(Cl)cc1. The van der Waals surface area contributed by atoms with Crippen LogP contribution in [0.15, 0.2) is 69.6 Å². The zero-order chi connectivity index (χ0) is 21.3. The van der Waals surface area contributed by atoms with Gasteiger partial charge in [0.05, 0.1) is 14.7 Å². The molecule has 4 rings (SSSR count). The number of nitrogens with zero attached hydrogens (tertiary/aromatic N) is 1. The summed E-state index contributed by atoms with van der Waals surface area (Å²) in [6.07, 6.45) is 0. The zero-order valence-electron chi connectivity index (χ0n) is 15.4. The molecule has 1 aliphatic rings. The minimum absolute atomic E-state index is 0.0682. The van der Waals surface area contributed by atoms with E-state index in [9.17, 15) is 4.79 Å². The minimum Gasteiger partial charge on any atom is -0.486 e. The van der Waals surface area contributed by atoms with Crippen molar-refractivity contribution in [1.29, 1.82) is 0 Å². The average molecular weight is 588 g/mol. The van der Waals surface area contributed by atoms with Gasteiger partial charge in [0.1, 0.15) is 17.7 Å². The van der Waals surface area contributed by atoms with Crippen molar-refractivity contribution < 1.29 is 9.53 Å². The first-order chi connectivity index (χ1) is 14.4. The maximum Gasteiger partial charge on any atom is 0.238 e. The van der Waals surface area contributed by atoms with Crippen molar-refractivity contribution in [1.82, 2.24) is 0 Å². The van der Waals surface area contributed by atoms with E-state index in [0.717, 1.165) is 25.8 Å². The number of hydrogen-bond donors (Lipinski definition) is 0. The van der Waals surface area contributed by atoms with Gasteiger partial charge < -0.3 is 4.74 Å². The fourth-order valence-electron chi connectivity index (χ4n) is 3.18. The van der Waals surface area contributed by atoms with Crippen LogP contribution in [0, 0.1) is 0 Å². The van der Waals surface area contributed by atoms with E-state index in [1.807, 2.05) is 48.5 Å². The van der Waals surface area contributed by atoms with Gasteiger partial charge in [-0.1, -0.05) is 41.4 Å². The molecule has 3 aromatic rings. The topological polar surface area (TPSA) is 29.5 Å². The molecular formula is C22H15Br2Cl2NO2S. The first-order valence-corrected chi connectivity index (χ1v) is 12.4. The maximum atomic E-state index is 12.6. The van der Waals surface area contributed by atoms with Gasteiger partial charge in [0.25, 0.3) is 0 Å². The van der Waals surface area contributed by atoms with Crippen molar-refractivity contribution >= 4 is 78.4 Å². The zero-order valence-corrected chi connectivity index (χ0v) is 20.9. The van der Waals surface area contributed by atoms with Gasteiger partial charge >= 0.3 is 0 Å². The Morgan fingerprint density at radius 3 is 2.37 bits per heavy atom. The quantitative estimate of drug-likeness (QED) is 0.304. The van der Waals surface area contributed by atoms with Crippen molar-refractivity contribution in [2.45, 2.75) is 12.0 Å². The average Bonchev–Trinajstić information content (AvgIpc) is 3.10. The number of benzene rings is 3. The minimum atomic E-state index is -0.135. The molecule has 1 fully saturated rings. The third-order valence-electron chi connectivity index (χ3n) is 4.61. The molecule has 0 unspecified atom stereocenters. The van der Waals surface area contributed by atoms with Crippen molar-refractivity contribution in [3.05, 3.63) is 90.8 Å². The lowest BCUT2D eigenvalue weighted by molar-refractivity contribution is -0.115. The summed E-state index contributed by atoms with van der Waals surface area (Å²) < 4.78 is 7.62. The molecule has 0 saturated carbocycles. The summed E-state index contributed by atoms with van der Waals surface area (Å²) in [6, 6.07) is 18.9. The monoisotopic (exact) mass is 585 g/mol. The second-order valence-electron chi connectivity index (χ2n) is 6.60. The first kappa shape index (κ1) is 22.0. The van der Waals surface area contributed by atoms with Gasteiger partial charge in [-0.3, -0.25) is 9.69 Å². The lowest BCUT2D eigenvalue weighted by Crippen LogP contribution is -2.27. The lowest BCUT2D eigenvalue weighted by Gasteiger charge is -2.25. The molecule has 1 amide bonds. The number of ether oxygens (including phenoxy) is 1. The largest absolute Gasteiger partial charge is 0.486 e. The number of amides is 1. The predicted molar refractivity (Wildman–Crippen MR) is 132 cm³/mol. The van der Waals surface area contributed by atoms with E-state index in [4.69, 9.17) is 27.9 Å². The molecule has 0 spiro atoms. The highest BCUT2D eigenvalue weighted by molar-refractivity contribution is 9.11. The summed E-state index contributed by atoms with van der Waals surface area (Å²) in [6.45, 7) is 0.351. The third kappa shape index (κ3) is 4.68. The molecule has 1 aliphatic heterocycles. The van der Waals surface area contributed by atoms with E-state index in [0.29, 0.717) is 28.2 Å². The molecule has 0 radical (unpaired) electrons. The lowest BCUT2D eigenvalue weighted by atomic mass is 10.1. The summed E-state index contributed by atoms with van der Waals surface area (Å²) in [4.78, 5) is 14.4. The Labute approximate surface area is 205 Å². The van der Waals surface area contributed by atoms with E-state index >= 15 is 0 Å². The molecule has 30 heavy (non-hydrogen) atoms. The van der Waals surface area contributed by atoms with Gasteiger partial charge in [-0.05, 0) is 79.9 Å². The predicted octanol–water partition coefficient (Wildman–Crippen LogP) is 7.88. The molecule has 1 saturated heterocycles. The van der Waals surface area contributed by atoms with Crippen LogP contribution in [0.3, 0.4) is 0 Å².